The summed E-state index contributed by atoms with van der Waals surface area (Å²) in [6, 6.07) is 15.9. The van der Waals surface area contributed by atoms with Gasteiger partial charge in [0.05, 0.1) is 16.8 Å². The van der Waals surface area contributed by atoms with E-state index < -0.39 is 11.8 Å². The molecule has 1 aliphatic heterocycles. The number of rotatable bonds is 6. The lowest BCUT2D eigenvalue weighted by Gasteiger charge is -2.29. The van der Waals surface area contributed by atoms with Crippen molar-refractivity contribution in [2.24, 2.45) is 0 Å². The van der Waals surface area contributed by atoms with E-state index in [2.05, 4.69) is 21.2 Å². The minimum absolute atomic E-state index is 0.00425. The number of nitrogens with zero attached hydrogens (tertiary/aromatic N) is 1. The van der Waals surface area contributed by atoms with E-state index in [1.165, 1.54) is 22.7 Å². The van der Waals surface area contributed by atoms with Gasteiger partial charge in [-0.05, 0) is 83.6 Å². The van der Waals surface area contributed by atoms with Gasteiger partial charge in [0.25, 0.3) is 11.8 Å². The van der Waals surface area contributed by atoms with Gasteiger partial charge in [0.2, 0.25) is 0 Å². The second-order valence-corrected chi connectivity index (χ2v) is 9.45. The monoisotopic (exact) mass is 562 g/mol. The molecule has 1 fully saturated rings. The molecule has 1 aromatic heterocycles. The number of furan rings is 1. The highest BCUT2D eigenvalue weighted by Crippen LogP contribution is 2.37. The van der Waals surface area contributed by atoms with Crippen molar-refractivity contribution in [1.82, 2.24) is 5.32 Å². The maximum atomic E-state index is 13.2. The second-order valence-electron chi connectivity index (χ2n) is 6.73. The Morgan fingerprint density at radius 1 is 1.21 bits per heavy atom. The topological polar surface area (TPSA) is 71.8 Å². The summed E-state index contributed by atoms with van der Waals surface area (Å²) < 4.78 is 12.1. The Kier molecular flexibility index (Phi) is 7.23. The lowest BCUT2D eigenvalue weighted by Crippen LogP contribution is -2.54. The summed E-state index contributed by atoms with van der Waals surface area (Å²) in [6.45, 7) is 2.35. The highest BCUT2D eigenvalue weighted by atomic mass is 79.9. The number of nitrogens with one attached hydrogen (secondary N) is 1. The smallest absolute Gasteiger partial charge is 0.270 e. The third kappa shape index (κ3) is 5.33. The lowest BCUT2D eigenvalue weighted by molar-refractivity contribution is -0.122. The maximum Gasteiger partial charge on any atom is 0.270 e. The van der Waals surface area contributed by atoms with Crippen molar-refractivity contribution in [3.8, 4) is 5.75 Å². The largest absolute Gasteiger partial charge is 0.494 e. The van der Waals surface area contributed by atoms with E-state index in [1.54, 1.807) is 42.5 Å². The van der Waals surface area contributed by atoms with Gasteiger partial charge >= 0.3 is 0 Å². The van der Waals surface area contributed by atoms with E-state index in [-0.39, 0.29) is 10.7 Å². The van der Waals surface area contributed by atoms with Crippen LogP contribution in [0.25, 0.3) is 6.08 Å². The summed E-state index contributed by atoms with van der Waals surface area (Å²) in [5.74, 6) is -0.224. The first-order chi connectivity index (χ1) is 15.9. The Hall–Kier alpha value is -2.59. The van der Waals surface area contributed by atoms with Gasteiger partial charge in [0.15, 0.2) is 10.2 Å². The van der Waals surface area contributed by atoms with Crippen molar-refractivity contribution in [3.05, 3.63) is 75.4 Å². The molecule has 2 heterocycles. The number of amides is 2. The molecule has 0 radical (unpaired) electrons. The molecule has 168 valence electrons. The first kappa shape index (κ1) is 23.6. The number of anilines is 1. The Morgan fingerprint density at radius 3 is 2.70 bits per heavy atom. The molecule has 6 nitrogen and oxygen atoms in total. The first-order valence-corrected chi connectivity index (χ1v) is 12.1. The average molecular weight is 564 g/mol. The number of ether oxygens (including phenoxy) is 1. The van der Waals surface area contributed by atoms with Crippen LogP contribution >= 0.6 is 51.5 Å². The molecular weight excluding hydrogens is 548 g/mol. The van der Waals surface area contributed by atoms with Gasteiger partial charge in [-0.3, -0.25) is 19.8 Å². The molecule has 1 aliphatic rings. The molecule has 0 atom stereocenters. The summed E-state index contributed by atoms with van der Waals surface area (Å²) in [6.07, 6.45) is 1.40. The SMILES string of the molecule is CCOc1cccc(N2C(=O)/C(=C\c3cc(Br)c(Sc4ccc(Cl)cc4)o3)C(=O)NC2=S)c1. The number of carbonyl (C=O) groups excluding carboxylic acids is 2. The van der Waals surface area contributed by atoms with Crippen molar-refractivity contribution in [2.45, 2.75) is 16.9 Å². The van der Waals surface area contributed by atoms with Crippen LogP contribution in [0.3, 0.4) is 0 Å². The second kappa shape index (κ2) is 10.1. The van der Waals surface area contributed by atoms with Gasteiger partial charge in [-0.25, -0.2) is 0 Å². The van der Waals surface area contributed by atoms with Crippen LogP contribution in [0.4, 0.5) is 5.69 Å². The zero-order valence-corrected chi connectivity index (χ0v) is 21.1. The predicted octanol–water partition coefficient (Wildman–Crippen LogP) is 6.08. The van der Waals surface area contributed by atoms with Gasteiger partial charge in [0, 0.05) is 16.0 Å². The van der Waals surface area contributed by atoms with Crippen LogP contribution in [0, 0.1) is 0 Å². The molecule has 3 aromatic rings. The van der Waals surface area contributed by atoms with Crippen LogP contribution in [0.5, 0.6) is 5.75 Å². The van der Waals surface area contributed by atoms with Crippen LogP contribution in [-0.4, -0.2) is 23.5 Å². The molecular formula is C23H16BrClN2O4S2. The lowest BCUT2D eigenvalue weighted by atomic mass is 10.1. The van der Waals surface area contributed by atoms with Gasteiger partial charge in [-0.1, -0.05) is 29.4 Å². The zero-order chi connectivity index (χ0) is 23.5. The molecule has 2 aromatic carbocycles. The molecule has 4 rings (SSSR count). The summed E-state index contributed by atoms with van der Waals surface area (Å²) in [5.41, 5.74) is 0.385. The van der Waals surface area contributed by atoms with Crippen molar-refractivity contribution >= 4 is 80.2 Å². The minimum atomic E-state index is -0.596. The normalized spacial score (nSPS) is 15.2. The summed E-state index contributed by atoms with van der Waals surface area (Å²) in [4.78, 5) is 28.0. The van der Waals surface area contributed by atoms with Gasteiger partial charge in [-0.2, -0.15) is 0 Å². The molecule has 1 saturated heterocycles. The molecule has 0 aliphatic carbocycles. The summed E-state index contributed by atoms with van der Waals surface area (Å²) in [7, 11) is 0. The van der Waals surface area contributed by atoms with Crippen molar-refractivity contribution in [2.75, 3.05) is 11.5 Å². The van der Waals surface area contributed by atoms with Crippen molar-refractivity contribution < 1.29 is 18.7 Å². The number of thiocarbonyl (C=S) groups is 1. The van der Waals surface area contributed by atoms with Gasteiger partial charge < -0.3 is 9.15 Å². The van der Waals surface area contributed by atoms with E-state index >= 15 is 0 Å². The molecule has 2 amide bonds. The maximum absolute atomic E-state index is 13.2. The highest BCUT2D eigenvalue weighted by Gasteiger charge is 2.35. The van der Waals surface area contributed by atoms with Crippen LogP contribution < -0.4 is 15.0 Å². The molecule has 0 unspecified atom stereocenters. The molecule has 33 heavy (non-hydrogen) atoms. The molecule has 0 bridgehead atoms. The van der Waals surface area contributed by atoms with Gasteiger partial charge in [0.1, 0.15) is 17.1 Å². The zero-order valence-electron chi connectivity index (χ0n) is 17.1. The number of benzene rings is 2. The Morgan fingerprint density at radius 2 is 1.97 bits per heavy atom. The van der Waals surface area contributed by atoms with Crippen molar-refractivity contribution in [3.63, 3.8) is 0 Å². The quantitative estimate of drug-likeness (QED) is 0.223. The average Bonchev–Trinajstić information content (AvgIpc) is 3.12. The fourth-order valence-corrected chi connectivity index (χ4v) is 4.77. The van der Waals surface area contributed by atoms with Crippen LogP contribution in [-0.2, 0) is 9.59 Å². The van der Waals surface area contributed by atoms with Crippen molar-refractivity contribution in [1.29, 1.82) is 0 Å². The molecule has 0 spiro atoms. The van der Waals surface area contributed by atoms with E-state index in [9.17, 15) is 9.59 Å². The Labute approximate surface area is 213 Å². The van der Waals surface area contributed by atoms with Crippen LogP contribution in [0.15, 0.2) is 79.0 Å². The standard InChI is InChI=1S/C23H16BrClN2O4S2/c1-2-30-15-5-3-4-14(10-15)27-21(29)18(20(28)26-23(27)32)11-16-12-19(24)22(31-16)33-17-8-6-13(25)7-9-17/h3-12H,2H2,1H3,(H,26,28,32)/b18-11-. The third-order valence-electron chi connectivity index (χ3n) is 4.47. The fourth-order valence-electron chi connectivity index (χ4n) is 3.03. The predicted molar refractivity (Wildman–Crippen MR) is 136 cm³/mol. The third-order valence-corrected chi connectivity index (χ3v) is 6.86. The molecule has 1 N–H and O–H groups in total. The number of hydrogen-bond acceptors (Lipinski definition) is 6. The first-order valence-electron chi connectivity index (χ1n) is 9.72. The van der Waals surface area contributed by atoms with E-state index in [0.29, 0.717) is 38.4 Å². The fraction of sp³-hybridized carbons (Fsp3) is 0.0870. The number of hydrogen-bond donors (Lipinski definition) is 1. The van der Waals surface area contributed by atoms with Crippen LogP contribution in [0.1, 0.15) is 12.7 Å². The van der Waals surface area contributed by atoms with Gasteiger partial charge in [-0.15, -0.1) is 0 Å². The highest BCUT2D eigenvalue weighted by molar-refractivity contribution is 9.10. The van der Waals surface area contributed by atoms with E-state index in [4.69, 9.17) is 33.0 Å². The minimum Gasteiger partial charge on any atom is -0.494 e. The molecule has 10 heteroatoms. The van der Waals surface area contributed by atoms with Crippen LogP contribution in [0.2, 0.25) is 5.02 Å². The van der Waals surface area contributed by atoms with E-state index in [1.807, 2.05) is 19.1 Å². The summed E-state index contributed by atoms with van der Waals surface area (Å²) in [5, 5.41) is 3.77. The number of halogens is 2. The molecule has 0 saturated carbocycles. The Bertz CT molecular complexity index is 1270. The Balaban J connectivity index is 1.62. The van der Waals surface area contributed by atoms with E-state index in [0.717, 1.165) is 4.90 Å². The number of carbonyl (C=O) groups is 2. The summed E-state index contributed by atoms with van der Waals surface area (Å²) >= 11 is 16.0.